The lowest BCUT2D eigenvalue weighted by Gasteiger charge is -2.15. The van der Waals surface area contributed by atoms with E-state index in [-0.39, 0.29) is 21.8 Å². The molecule has 0 radical (unpaired) electrons. The molecule has 0 spiro atoms. The zero-order valence-corrected chi connectivity index (χ0v) is 20.9. The van der Waals surface area contributed by atoms with Crippen molar-refractivity contribution in [1.29, 1.82) is 0 Å². The first-order chi connectivity index (χ1) is 16.4. The Kier molecular flexibility index (Phi) is 6.63. The van der Waals surface area contributed by atoms with Crippen LogP contribution in [0.3, 0.4) is 0 Å². The Morgan fingerprint density at radius 2 is 1.85 bits per heavy atom. The van der Waals surface area contributed by atoms with E-state index in [4.69, 9.17) is 16.0 Å². The van der Waals surface area contributed by atoms with Crippen molar-refractivity contribution in [3.8, 4) is 10.8 Å². The van der Waals surface area contributed by atoms with Crippen LogP contribution in [-0.2, 0) is 14.8 Å². The maximum atomic E-state index is 12.6. The highest BCUT2D eigenvalue weighted by atomic mass is 35.5. The molecule has 0 unspecified atom stereocenters. The maximum absolute atomic E-state index is 12.6. The van der Waals surface area contributed by atoms with Gasteiger partial charge in [-0.3, -0.25) is 4.79 Å². The minimum atomic E-state index is -3.48. The van der Waals surface area contributed by atoms with E-state index >= 15 is 0 Å². The fourth-order valence-electron chi connectivity index (χ4n) is 3.62. The van der Waals surface area contributed by atoms with Crippen molar-refractivity contribution < 1.29 is 17.6 Å². The molecule has 1 saturated heterocycles. The summed E-state index contributed by atoms with van der Waals surface area (Å²) >= 11 is 9.04. The number of thiophene rings is 1. The highest BCUT2D eigenvalue weighted by Crippen LogP contribution is 2.41. The summed E-state index contributed by atoms with van der Waals surface area (Å²) in [5.74, 6) is 0.0824. The number of aromatic nitrogens is 2. The predicted molar refractivity (Wildman–Crippen MR) is 134 cm³/mol. The van der Waals surface area contributed by atoms with Gasteiger partial charge in [0.1, 0.15) is 4.88 Å². The highest BCUT2D eigenvalue weighted by molar-refractivity contribution is 7.99. The van der Waals surface area contributed by atoms with Crippen molar-refractivity contribution >= 4 is 66.4 Å². The van der Waals surface area contributed by atoms with E-state index in [0.29, 0.717) is 34.6 Å². The SMILES string of the molecule is O=C(CSc1nnc(-c2sc3ccccc3c2Cl)o1)Nc1ccc(S(=O)(=O)N2CCCC2)cc1. The molecule has 3 heterocycles. The van der Waals surface area contributed by atoms with Gasteiger partial charge in [-0.15, -0.1) is 21.5 Å². The Morgan fingerprint density at radius 1 is 1.12 bits per heavy atom. The van der Waals surface area contributed by atoms with Crippen molar-refractivity contribution in [3.63, 3.8) is 0 Å². The first kappa shape index (κ1) is 23.3. The summed E-state index contributed by atoms with van der Waals surface area (Å²) in [5, 5.41) is 12.6. The summed E-state index contributed by atoms with van der Waals surface area (Å²) in [5.41, 5.74) is 0.509. The fourth-order valence-corrected chi connectivity index (χ4v) is 7.14. The number of sulfonamides is 1. The van der Waals surface area contributed by atoms with Crippen LogP contribution in [0.4, 0.5) is 5.69 Å². The van der Waals surface area contributed by atoms with Gasteiger partial charge in [0, 0.05) is 28.9 Å². The van der Waals surface area contributed by atoms with Crippen molar-refractivity contribution in [2.24, 2.45) is 0 Å². The quantitative estimate of drug-likeness (QED) is 0.328. The molecular weight excluding hydrogens is 516 g/mol. The molecule has 8 nitrogen and oxygen atoms in total. The number of amides is 1. The number of hydrogen-bond acceptors (Lipinski definition) is 8. The zero-order chi connectivity index (χ0) is 23.7. The van der Waals surface area contributed by atoms with Crippen molar-refractivity contribution in [2.75, 3.05) is 24.2 Å². The van der Waals surface area contributed by atoms with Gasteiger partial charge in [-0.1, -0.05) is 41.6 Å². The molecule has 34 heavy (non-hydrogen) atoms. The lowest BCUT2D eigenvalue weighted by Crippen LogP contribution is -2.27. The van der Waals surface area contributed by atoms with Crippen LogP contribution in [0.5, 0.6) is 0 Å². The van der Waals surface area contributed by atoms with E-state index in [1.807, 2.05) is 24.3 Å². The molecule has 12 heteroatoms. The third-order valence-electron chi connectivity index (χ3n) is 5.30. The number of nitrogens with zero attached hydrogens (tertiary/aromatic N) is 3. The average Bonchev–Trinajstić information content (AvgIpc) is 3.59. The molecule has 0 saturated carbocycles. The van der Waals surface area contributed by atoms with Gasteiger partial charge >= 0.3 is 0 Å². The van der Waals surface area contributed by atoms with Gasteiger partial charge in [-0.2, -0.15) is 4.31 Å². The van der Waals surface area contributed by atoms with Crippen LogP contribution < -0.4 is 5.32 Å². The van der Waals surface area contributed by atoms with Gasteiger partial charge in [0.05, 0.1) is 15.7 Å². The smallest absolute Gasteiger partial charge is 0.277 e. The Balaban J connectivity index is 1.19. The molecular formula is C22H19ClN4O4S3. The second-order valence-corrected chi connectivity index (χ2v) is 11.9. The lowest BCUT2D eigenvalue weighted by atomic mass is 10.2. The molecule has 2 aromatic carbocycles. The summed E-state index contributed by atoms with van der Waals surface area (Å²) in [6.45, 7) is 1.09. The Hall–Kier alpha value is -2.44. The van der Waals surface area contributed by atoms with Crippen LogP contribution >= 0.6 is 34.7 Å². The number of anilines is 1. The van der Waals surface area contributed by atoms with Crippen LogP contribution in [0.2, 0.25) is 5.02 Å². The topological polar surface area (TPSA) is 105 Å². The first-order valence-electron chi connectivity index (χ1n) is 10.5. The molecule has 1 N–H and O–H groups in total. The largest absolute Gasteiger partial charge is 0.410 e. The number of fused-ring (bicyclic) bond motifs is 1. The van der Waals surface area contributed by atoms with Crippen molar-refractivity contribution in [1.82, 2.24) is 14.5 Å². The molecule has 4 aromatic rings. The number of benzene rings is 2. The summed E-state index contributed by atoms with van der Waals surface area (Å²) in [6, 6.07) is 13.9. The molecule has 0 aliphatic carbocycles. The number of carbonyl (C=O) groups is 1. The monoisotopic (exact) mass is 534 g/mol. The van der Waals surface area contributed by atoms with Crippen LogP contribution in [0, 0.1) is 0 Å². The molecule has 1 fully saturated rings. The summed E-state index contributed by atoms with van der Waals surface area (Å²) in [7, 11) is -3.48. The third-order valence-corrected chi connectivity index (χ3v) is 9.70. The highest BCUT2D eigenvalue weighted by Gasteiger charge is 2.27. The second-order valence-electron chi connectivity index (χ2n) is 7.59. The van der Waals surface area contributed by atoms with E-state index in [2.05, 4.69) is 15.5 Å². The van der Waals surface area contributed by atoms with E-state index in [1.165, 1.54) is 27.8 Å². The van der Waals surface area contributed by atoms with Gasteiger partial charge in [-0.05, 0) is 43.2 Å². The van der Waals surface area contributed by atoms with E-state index in [1.54, 1.807) is 12.1 Å². The predicted octanol–water partition coefficient (Wildman–Crippen LogP) is 5.12. The number of thioether (sulfide) groups is 1. The normalized spacial score (nSPS) is 14.6. The first-order valence-corrected chi connectivity index (χ1v) is 14.1. The number of halogens is 1. The molecule has 0 atom stereocenters. The van der Waals surface area contributed by atoms with E-state index < -0.39 is 10.0 Å². The summed E-state index contributed by atoms with van der Waals surface area (Å²) in [4.78, 5) is 13.3. The van der Waals surface area contributed by atoms with E-state index in [0.717, 1.165) is 34.7 Å². The lowest BCUT2D eigenvalue weighted by molar-refractivity contribution is -0.113. The average molecular weight is 535 g/mol. The molecule has 0 bridgehead atoms. The number of rotatable bonds is 7. The molecule has 1 aliphatic rings. The number of carbonyl (C=O) groups excluding carboxylic acids is 1. The Bertz CT molecular complexity index is 1440. The van der Waals surface area contributed by atoms with Gasteiger partial charge in [0.2, 0.25) is 15.9 Å². The minimum absolute atomic E-state index is 0.0512. The second kappa shape index (κ2) is 9.67. The summed E-state index contributed by atoms with van der Waals surface area (Å²) in [6.07, 6.45) is 1.76. The van der Waals surface area contributed by atoms with Crippen LogP contribution in [-0.4, -0.2) is 47.7 Å². The van der Waals surface area contributed by atoms with Crippen molar-refractivity contribution in [3.05, 3.63) is 53.6 Å². The number of hydrogen-bond donors (Lipinski definition) is 1. The molecule has 2 aromatic heterocycles. The Morgan fingerprint density at radius 3 is 2.59 bits per heavy atom. The molecule has 176 valence electrons. The fraction of sp³-hybridized carbons (Fsp3) is 0.227. The summed E-state index contributed by atoms with van der Waals surface area (Å²) < 4.78 is 33.4. The van der Waals surface area contributed by atoms with Gasteiger partial charge < -0.3 is 9.73 Å². The zero-order valence-electron chi connectivity index (χ0n) is 17.7. The van der Waals surface area contributed by atoms with Crippen LogP contribution in [0.15, 0.2) is 63.1 Å². The Labute approximate surface area is 209 Å². The third kappa shape index (κ3) is 4.71. The molecule has 1 aliphatic heterocycles. The maximum Gasteiger partial charge on any atom is 0.277 e. The number of nitrogens with one attached hydrogen (secondary N) is 1. The van der Waals surface area contributed by atoms with Crippen LogP contribution in [0.25, 0.3) is 20.9 Å². The van der Waals surface area contributed by atoms with Gasteiger partial charge in [0.15, 0.2) is 0 Å². The minimum Gasteiger partial charge on any atom is -0.410 e. The molecule has 1 amide bonds. The molecule has 5 rings (SSSR count). The standard InChI is InChI=1S/C22H19ClN4O4S3/c23-19-16-5-1-2-6-17(16)33-20(19)21-25-26-22(31-21)32-13-18(28)24-14-7-9-15(10-8-14)34(29,30)27-11-3-4-12-27/h1-2,5-10H,3-4,11-13H2,(H,24,28). The van der Waals surface area contributed by atoms with E-state index in [9.17, 15) is 13.2 Å². The van der Waals surface area contributed by atoms with Crippen LogP contribution in [0.1, 0.15) is 12.8 Å². The van der Waals surface area contributed by atoms with Crippen molar-refractivity contribution in [2.45, 2.75) is 23.0 Å². The van der Waals surface area contributed by atoms with Gasteiger partial charge in [-0.25, -0.2) is 8.42 Å². The van der Waals surface area contributed by atoms with Gasteiger partial charge in [0.25, 0.3) is 11.1 Å².